The summed E-state index contributed by atoms with van der Waals surface area (Å²) in [6.07, 6.45) is 4.76. The van der Waals surface area contributed by atoms with Crippen molar-refractivity contribution in [3.63, 3.8) is 0 Å². The zero-order valence-electron chi connectivity index (χ0n) is 16.8. The molecule has 3 rings (SSSR count). The molecule has 2 heterocycles. The number of ether oxygens (including phenoxy) is 1. The molecule has 1 aromatic carbocycles. The third kappa shape index (κ3) is 5.66. The Morgan fingerprint density at radius 3 is 2.93 bits per heavy atom. The average Bonchev–Trinajstić information content (AvgIpc) is 2.68. The molecule has 0 spiro atoms. The Balaban J connectivity index is 1.48. The molecule has 1 aliphatic rings. The zero-order valence-corrected chi connectivity index (χ0v) is 16.8. The molecule has 28 heavy (non-hydrogen) atoms. The highest BCUT2D eigenvalue weighted by molar-refractivity contribution is 5.20. The van der Waals surface area contributed by atoms with Gasteiger partial charge in [-0.05, 0) is 50.4 Å². The van der Waals surface area contributed by atoms with Crippen LogP contribution in [0.5, 0.6) is 5.75 Å². The van der Waals surface area contributed by atoms with Gasteiger partial charge in [0, 0.05) is 44.1 Å². The molecule has 1 fully saturated rings. The predicted molar refractivity (Wildman–Crippen MR) is 109 cm³/mol. The average molecular weight is 387 g/mol. The van der Waals surface area contributed by atoms with Crippen molar-refractivity contribution < 1.29 is 9.13 Å². The Kier molecular flexibility index (Phi) is 7.23. The molecule has 5 nitrogen and oxygen atoms in total. The molecular formula is C22H30FN3O2. The number of methoxy groups -OCH3 is 1. The molecule has 1 saturated heterocycles. The highest BCUT2D eigenvalue weighted by Gasteiger charge is 2.21. The van der Waals surface area contributed by atoms with E-state index in [1.807, 2.05) is 12.1 Å². The van der Waals surface area contributed by atoms with Crippen LogP contribution in [0.15, 0.2) is 41.3 Å². The second-order valence-electron chi connectivity index (χ2n) is 7.74. The Hall–Kier alpha value is -2.18. The summed E-state index contributed by atoms with van der Waals surface area (Å²) in [5.74, 6) is 0.817. The number of rotatable bonds is 8. The lowest BCUT2D eigenvalue weighted by Gasteiger charge is -2.34. The fourth-order valence-corrected chi connectivity index (χ4v) is 4.03. The summed E-state index contributed by atoms with van der Waals surface area (Å²) in [4.78, 5) is 19.7. The second-order valence-corrected chi connectivity index (χ2v) is 7.74. The van der Waals surface area contributed by atoms with E-state index >= 15 is 0 Å². The maximum atomic E-state index is 13.8. The number of nitrogens with one attached hydrogen (secondary N) is 1. The van der Waals surface area contributed by atoms with E-state index in [1.165, 1.54) is 26.0 Å². The van der Waals surface area contributed by atoms with Gasteiger partial charge in [0.15, 0.2) is 5.75 Å². The highest BCUT2D eigenvalue weighted by atomic mass is 19.1. The molecule has 2 aromatic rings. The molecule has 0 bridgehead atoms. The van der Waals surface area contributed by atoms with Gasteiger partial charge in [-0.25, -0.2) is 4.39 Å². The summed E-state index contributed by atoms with van der Waals surface area (Å²) in [6.45, 7) is 4.69. The molecule has 1 N–H and O–H groups in total. The maximum absolute atomic E-state index is 13.8. The first-order chi connectivity index (χ1) is 13.5. The lowest BCUT2D eigenvalue weighted by Crippen LogP contribution is -2.41. The summed E-state index contributed by atoms with van der Waals surface area (Å²) >= 11 is 0. The van der Waals surface area contributed by atoms with Crippen molar-refractivity contribution in [3.05, 3.63) is 63.8 Å². The molecule has 1 unspecified atom stereocenters. The standard InChI is InChI=1S/C22H30FN3O2/c1-25(16-19-12-21(27)22(28-2)13-24-19)14-17-6-5-10-26(15-17)11-9-18-7-3-4-8-20(18)23/h3-4,7-8,12-13,17H,5-6,9-11,14-16H2,1-2H3,(H,24,27). The number of aromatic amines is 1. The van der Waals surface area contributed by atoms with Crippen molar-refractivity contribution in [1.29, 1.82) is 0 Å². The quantitative estimate of drug-likeness (QED) is 0.757. The first-order valence-electron chi connectivity index (χ1n) is 9.95. The Morgan fingerprint density at radius 1 is 1.36 bits per heavy atom. The third-order valence-electron chi connectivity index (χ3n) is 5.43. The van der Waals surface area contributed by atoms with E-state index in [-0.39, 0.29) is 11.2 Å². The fourth-order valence-electron chi connectivity index (χ4n) is 4.03. The minimum atomic E-state index is -0.107. The van der Waals surface area contributed by atoms with Gasteiger partial charge in [0.05, 0.1) is 7.11 Å². The number of aromatic nitrogens is 1. The van der Waals surface area contributed by atoms with Crippen LogP contribution < -0.4 is 10.2 Å². The van der Waals surface area contributed by atoms with Gasteiger partial charge in [0.2, 0.25) is 5.43 Å². The van der Waals surface area contributed by atoms with Gasteiger partial charge in [-0.3, -0.25) is 4.79 Å². The summed E-state index contributed by atoms with van der Waals surface area (Å²) in [5.41, 5.74) is 1.59. The summed E-state index contributed by atoms with van der Waals surface area (Å²) < 4.78 is 18.8. The van der Waals surface area contributed by atoms with E-state index in [4.69, 9.17) is 4.74 Å². The molecule has 0 radical (unpaired) electrons. The molecule has 0 aliphatic carbocycles. The highest BCUT2D eigenvalue weighted by Crippen LogP contribution is 2.19. The van der Waals surface area contributed by atoms with Crippen molar-refractivity contribution >= 4 is 0 Å². The summed E-state index contributed by atoms with van der Waals surface area (Å²) in [5, 5.41) is 0. The normalized spacial score (nSPS) is 17.8. The molecular weight excluding hydrogens is 357 g/mol. The first-order valence-corrected chi connectivity index (χ1v) is 9.95. The molecule has 0 amide bonds. The van der Waals surface area contributed by atoms with Crippen LogP contribution in [-0.4, -0.2) is 55.1 Å². The van der Waals surface area contributed by atoms with E-state index in [0.717, 1.165) is 43.9 Å². The molecule has 152 valence electrons. The maximum Gasteiger partial charge on any atom is 0.223 e. The van der Waals surface area contributed by atoms with Gasteiger partial charge >= 0.3 is 0 Å². The van der Waals surface area contributed by atoms with Crippen LogP contribution in [0.3, 0.4) is 0 Å². The number of nitrogens with zero attached hydrogens (tertiary/aromatic N) is 2. The van der Waals surface area contributed by atoms with Crippen LogP contribution in [0, 0.1) is 11.7 Å². The number of H-pyrrole nitrogens is 1. The van der Waals surface area contributed by atoms with Crippen LogP contribution in [-0.2, 0) is 13.0 Å². The van der Waals surface area contributed by atoms with E-state index in [9.17, 15) is 9.18 Å². The minimum Gasteiger partial charge on any atom is -0.491 e. The molecule has 6 heteroatoms. The van der Waals surface area contributed by atoms with E-state index in [1.54, 1.807) is 18.3 Å². The smallest absolute Gasteiger partial charge is 0.223 e. The van der Waals surface area contributed by atoms with Gasteiger partial charge in [-0.2, -0.15) is 0 Å². The number of likely N-dealkylation sites (tertiary alicyclic amines) is 1. The van der Waals surface area contributed by atoms with Gasteiger partial charge in [-0.1, -0.05) is 18.2 Å². The number of halogens is 1. The van der Waals surface area contributed by atoms with E-state index < -0.39 is 0 Å². The molecule has 0 saturated carbocycles. The lowest BCUT2D eigenvalue weighted by molar-refractivity contribution is 0.141. The van der Waals surface area contributed by atoms with Gasteiger partial charge in [0.1, 0.15) is 5.82 Å². The van der Waals surface area contributed by atoms with E-state index in [2.05, 4.69) is 21.8 Å². The Bertz CT molecular complexity index is 823. The molecule has 1 atom stereocenters. The Labute approximate surface area is 166 Å². The van der Waals surface area contributed by atoms with Crippen molar-refractivity contribution in [1.82, 2.24) is 14.8 Å². The fraction of sp³-hybridized carbons (Fsp3) is 0.500. The van der Waals surface area contributed by atoms with Crippen LogP contribution in [0.2, 0.25) is 0 Å². The largest absolute Gasteiger partial charge is 0.491 e. The van der Waals surface area contributed by atoms with E-state index in [0.29, 0.717) is 18.2 Å². The van der Waals surface area contributed by atoms with Crippen molar-refractivity contribution in [2.45, 2.75) is 25.8 Å². The van der Waals surface area contributed by atoms with Crippen molar-refractivity contribution in [3.8, 4) is 5.75 Å². The van der Waals surface area contributed by atoms with Gasteiger partial charge < -0.3 is 19.5 Å². The minimum absolute atomic E-state index is 0.0957. The Morgan fingerprint density at radius 2 is 2.18 bits per heavy atom. The van der Waals surface area contributed by atoms with Crippen LogP contribution in [0.25, 0.3) is 0 Å². The van der Waals surface area contributed by atoms with Crippen LogP contribution >= 0.6 is 0 Å². The van der Waals surface area contributed by atoms with Crippen molar-refractivity contribution in [2.24, 2.45) is 5.92 Å². The summed E-state index contributed by atoms with van der Waals surface area (Å²) in [7, 11) is 3.58. The topological polar surface area (TPSA) is 48.6 Å². The summed E-state index contributed by atoms with van der Waals surface area (Å²) in [6, 6.07) is 8.65. The monoisotopic (exact) mass is 387 g/mol. The number of piperidine rings is 1. The lowest BCUT2D eigenvalue weighted by atomic mass is 9.97. The first kappa shape index (κ1) is 20.6. The van der Waals surface area contributed by atoms with Crippen LogP contribution in [0.1, 0.15) is 24.1 Å². The predicted octanol–water partition coefficient (Wildman–Crippen LogP) is 2.91. The zero-order chi connectivity index (χ0) is 19.9. The second kappa shape index (κ2) is 9.85. The SMILES string of the molecule is COc1c[nH]c(CN(C)CC2CCCN(CCc3ccccc3F)C2)cc1=O. The third-order valence-corrected chi connectivity index (χ3v) is 5.43. The van der Waals surface area contributed by atoms with Crippen LogP contribution in [0.4, 0.5) is 4.39 Å². The van der Waals surface area contributed by atoms with Gasteiger partial charge in [-0.15, -0.1) is 0 Å². The molecule has 1 aromatic heterocycles. The number of benzene rings is 1. The molecule has 1 aliphatic heterocycles. The van der Waals surface area contributed by atoms with Crippen molar-refractivity contribution in [2.75, 3.05) is 40.3 Å². The van der Waals surface area contributed by atoms with Gasteiger partial charge in [0.25, 0.3) is 0 Å². The number of pyridine rings is 1. The number of hydrogen-bond acceptors (Lipinski definition) is 4. The number of hydrogen-bond donors (Lipinski definition) is 1.